The van der Waals surface area contributed by atoms with Gasteiger partial charge in [0.25, 0.3) is 5.91 Å². The number of piperazine rings is 1. The summed E-state index contributed by atoms with van der Waals surface area (Å²) in [5.41, 5.74) is 3.38. The highest BCUT2D eigenvalue weighted by atomic mass is 16.5. The van der Waals surface area contributed by atoms with E-state index >= 15 is 0 Å². The molecule has 158 valence electrons. The molecule has 1 heterocycles. The van der Waals surface area contributed by atoms with Crippen LogP contribution in [0.2, 0.25) is 0 Å². The number of anilines is 1. The molecule has 1 atom stereocenters. The Hall–Kier alpha value is -3.04. The van der Waals surface area contributed by atoms with E-state index < -0.39 is 6.10 Å². The van der Waals surface area contributed by atoms with E-state index in [0.29, 0.717) is 18.1 Å². The van der Waals surface area contributed by atoms with Crippen LogP contribution in [-0.2, 0) is 4.79 Å². The molecule has 30 heavy (non-hydrogen) atoms. The normalized spacial score (nSPS) is 14.8. The topological polar surface area (TPSA) is 77.4 Å². The van der Waals surface area contributed by atoms with E-state index in [9.17, 15) is 4.79 Å². The van der Waals surface area contributed by atoms with Crippen LogP contribution in [0, 0.1) is 17.2 Å². The van der Waals surface area contributed by atoms with Crippen LogP contribution in [-0.4, -0.2) is 44.7 Å². The second kappa shape index (κ2) is 10.7. The van der Waals surface area contributed by atoms with E-state index in [-0.39, 0.29) is 12.5 Å². The number of nitrogens with zero attached hydrogens (tertiary/aromatic N) is 2. The molecule has 0 bridgehead atoms. The lowest BCUT2D eigenvalue weighted by Crippen LogP contribution is -2.43. The quantitative estimate of drug-likeness (QED) is 0.659. The number of nitriles is 1. The Balaban J connectivity index is 1.72. The highest BCUT2D eigenvalue weighted by molar-refractivity contribution is 5.81. The molecule has 0 radical (unpaired) electrons. The minimum atomic E-state index is -0.622. The summed E-state index contributed by atoms with van der Waals surface area (Å²) in [6.45, 7) is 8.15. The van der Waals surface area contributed by atoms with Gasteiger partial charge in [-0.25, -0.2) is 0 Å². The molecule has 0 unspecified atom stereocenters. The van der Waals surface area contributed by atoms with Crippen LogP contribution in [0.3, 0.4) is 0 Å². The average Bonchev–Trinajstić information content (AvgIpc) is 2.77. The lowest BCUT2D eigenvalue weighted by Gasteiger charge is -2.29. The minimum absolute atomic E-state index is 0.0176. The number of ether oxygens (including phenoxy) is 1. The van der Waals surface area contributed by atoms with Crippen LogP contribution in [0.25, 0.3) is 11.1 Å². The van der Waals surface area contributed by atoms with Gasteiger partial charge in [0.15, 0.2) is 6.10 Å². The molecular weight excluding hydrogens is 376 g/mol. The number of benzene rings is 2. The second-order valence-corrected chi connectivity index (χ2v) is 7.92. The van der Waals surface area contributed by atoms with Crippen molar-refractivity contribution in [3.8, 4) is 22.9 Å². The average molecular weight is 407 g/mol. The zero-order chi connectivity index (χ0) is 21.3. The molecule has 1 amide bonds. The van der Waals surface area contributed by atoms with Crippen molar-refractivity contribution < 1.29 is 9.53 Å². The highest BCUT2D eigenvalue weighted by Gasteiger charge is 2.21. The predicted molar refractivity (Wildman–Crippen MR) is 119 cm³/mol. The molecule has 1 aliphatic rings. The largest absolute Gasteiger partial charge is 0.481 e. The van der Waals surface area contributed by atoms with Crippen LogP contribution < -0.4 is 20.3 Å². The molecule has 2 N–H and O–H groups in total. The summed E-state index contributed by atoms with van der Waals surface area (Å²) < 4.78 is 6.03. The van der Waals surface area contributed by atoms with Crippen LogP contribution in [0.15, 0.2) is 48.5 Å². The molecule has 0 saturated carbocycles. The van der Waals surface area contributed by atoms with Gasteiger partial charge in [0.1, 0.15) is 12.3 Å². The van der Waals surface area contributed by atoms with Gasteiger partial charge in [0, 0.05) is 31.9 Å². The first-order valence-corrected chi connectivity index (χ1v) is 10.5. The van der Waals surface area contributed by atoms with E-state index in [1.165, 1.54) is 5.69 Å². The fourth-order valence-electron chi connectivity index (χ4n) is 3.58. The monoisotopic (exact) mass is 406 g/mol. The molecular formula is C24H30N4O2. The fraction of sp³-hybridized carbons (Fsp3) is 0.417. The van der Waals surface area contributed by atoms with Crippen molar-refractivity contribution >= 4 is 11.6 Å². The summed E-state index contributed by atoms with van der Waals surface area (Å²) in [4.78, 5) is 14.8. The fourth-order valence-corrected chi connectivity index (χ4v) is 3.58. The molecule has 6 heteroatoms. The van der Waals surface area contributed by atoms with Crippen LogP contribution in [0.5, 0.6) is 5.75 Å². The SMILES string of the molecule is CC(C)C[C@@H](Oc1cccc(-c2ccc(N3CCNCC3)cc2)c1)C(=O)NCC#N. The van der Waals surface area contributed by atoms with E-state index in [1.54, 1.807) is 0 Å². The highest BCUT2D eigenvalue weighted by Crippen LogP contribution is 2.27. The Morgan fingerprint density at radius 1 is 1.17 bits per heavy atom. The van der Waals surface area contributed by atoms with Crippen molar-refractivity contribution in [2.45, 2.75) is 26.4 Å². The van der Waals surface area contributed by atoms with Crippen LogP contribution >= 0.6 is 0 Å². The lowest BCUT2D eigenvalue weighted by molar-refractivity contribution is -0.128. The first-order chi connectivity index (χ1) is 14.6. The van der Waals surface area contributed by atoms with Gasteiger partial charge in [0.2, 0.25) is 0 Å². The Bertz CT molecular complexity index is 868. The second-order valence-electron chi connectivity index (χ2n) is 7.92. The third kappa shape index (κ3) is 5.98. The molecule has 2 aromatic rings. The number of carbonyl (C=O) groups excluding carboxylic acids is 1. The van der Waals surface area contributed by atoms with Crippen LogP contribution in [0.1, 0.15) is 20.3 Å². The lowest BCUT2D eigenvalue weighted by atomic mass is 10.0. The molecule has 0 aliphatic carbocycles. The third-order valence-electron chi connectivity index (χ3n) is 5.11. The summed E-state index contributed by atoms with van der Waals surface area (Å²) >= 11 is 0. The first-order valence-electron chi connectivity index (χ1n) is 10.5. The Labute approximate surface area is 178 Å². The number of nitrogens with one attached hydrogen (secondary N) is 2. The van der Waals surface area contributed by atoms with E-state index in [2.05, 4.69) is 39.8 Å². The number of hydrogen-bond donors (Lipinski definition) is 2. The maximum atomic E-state index is 12.4. The van der Waals surface area contributed by atoms with Gasteiger partial charge in [0.05, 0.1) is 6.07 Å². The van der Waals surface area contributed by atoms with Gasteiger partial charge < -0.3 is 20.3 Å². The zero-order valence-corrected chi connectivity index (χ0v) is 17.7. The predicted octanol–water partition coefficient (Wildman–Crippen LogP) is 3.20. The van der Waals surface area contributed by atoms with E-state index in [1.807, 2.05) is 44.2 Å². The summed E-state index contributed by atoms with van der Waals surface area (Å²) in [5.74, 6) is 0.691. The molecule has 0 aromatic heterocycles. The van der Waals surface area contributed by atoms with Crippen molar-refractivity contribution in [3.63, 3.8) is 0 Å². The molecule has 6 nitrogen and oxygen atoms in total. The van der Waals surface area contributed by atoms with Gasteiger partial charge in [-0.2, -0.15) is 5.26 Å². The molecule has 3 rings (SSSR count). The number of amides is 1. The Kier molecular flexibility index (Phi) is 7.69. The molecule has 0 spiro atoms. The Morgan fingerprint density at radius 2 is 1.90 bits per heavy atom. The minimum Gasteiger partial charge on any atom is -0.481 e. The Morgan fingerprint density at radius 3 is 2.57 bits per heavy atom. The van der Waals surface area contributed by atoms with Gasteiger partial charge in [-0.1, -0.05) is 38.1 Å². The smallest absolute Gasteiger partial charge is 0.261 e. The summed E-state index contributed by atoms with van der Waals surface area (Å²) in [7, 11) is 0. The summed E-state index contributed by atoms with van der Waals surface area (Å²) in [6.07, 6.45) is -0.0374. The van der Waals surface area contributed by atoms with Gasteiger partial charge in [-0.05, 0) is 47.7 Å². The molecule has 2 aromatic carbocycles. The van der Waals surface area contributed by atoms with Crippen molar-refractivity contribution in [1.82, 2.24) is 10.6 Å². The third-order valence-corrected chi connectivity index (χ3v) is 5.11. The number of hydrogen-bond acceptors (Lipinski definition) is 5. The first kappa shape index (κ1) is 21.7. The van der Waals surface area contributed by atoms with Crippen molar-refractivity contribution in [3.05, 3.63) is 48.5 Å². The standard InChI is InChI=1S/C24H30N4O2/c1-18(2)16-23(24(29)27-11-10-25)30-22-5-3-4-20(17-22)19-6-8-21(9-7-19)28-14-12-26-13-15-28/h3-9,17-18,23,26H,11-16H2,1-2H3,(H,27,29)/t23-/m1/s1. The molecule has 1 aliphatic heterocycles. The molecule has 1 fully saturated rings. The van der Waals surface area contributed by atoms with Gasteiger partial charge >= 0.3 is 0 Å². The van der Waals surface area contributed by atoms with E-state index in [4.69, 9.17) is 10.00 Å². The number of rotatable bonds is 8. The van der Waals surface area contributed by atoms with E-state index in [0.717, 1.165) is 37.3 Å². The van der Waals surface area contributed by atoms with Crippen LogP contribution in [0.4, 0.5) is 5.69 Å². The molecule has 1 saturated heterocycles. The summed E-state index contributed by atoms with van der Waals surface area (Å²) in [6, 6.07) is 18.3. The zero-order valence-electron chi connectivity index (χ0n) is 17.7. The maximum Gasteiger partial charge on any atom is 0.261 e. The number of carbonyl (C=O) groups is 1. The van der Waals surface area contributed by atoms with Crippen molar-refractivity contribution in [2.75, 3.05) is 37.6 Å². The van der Waals surface area contributed by atoms with Crippen molar-refractivity contribution in [1.29, 1.82) is 5.26 Å². The van der Waals surface area contributed by atoms with Crippen molar-refractivity contribution in [2.24, 2.45) is 5.92 Å². The van der Waals surface area contributed by atoms with Gasteiger partial charge in [-0.3, -0.25) is 4.79 Å². The van der Waals surface area contributed by atoms with Gasteiger partial charge in [-0.15, -0.1) is 0 Å². The summed E-state index contributed by atoms with van der Waals surface area (Å²) in [5, 5.41) is 14.7. The maximum absolute atomic E-state index is 12.4.